The van der Waals surface area contributed by atoms with Crippen molar-refractivity contribution in [3.05, 3.63) is 0 Å². The minimum Gasteiger partial charge on any atom is -0.480 e. The van der Waals surface area contributed by atoms with E-state index < -0.39 is 48.0 Å². The number of aliphatic carboxylic acids is 4. The van der Waals surface area contributed by atoms with Crippen LogP contribution < -0.4 is 21.3 Å². The lowest BCUT2D eigenvalue weighted by Gasteiger charge is -1.98. The molecule has 19 nitrogen and oxygen atoms in total. The first-order valence-corrected chi connectivity index (χ1v) is 21.3. The average molecular weight is 850 g/mol. The molecule has 4 atom stereocenters. The lowest BCUT2D eigenvalue weighted by atomic mass is 10.4. The van der Waals surface area contributed by atoms with Crippen molar-refractivity contribution < 1.29 is 58.8 Å². The molecule has 0 aromatic carbocycles. The summed E-state index contributed by atoms with van der Waals surface area (Å²) in [5.41, 5.74) is 5.71. The summed E-state index contributed by atoms with van der Waals surface area (Å²) in [7, 11) is 0. The quantitative estimate of drug-likeness (QED) is 0.200. The second kappa shape index (κ2) is 27.8. The number of nitrogens with zero attached hydrogens (tertiary/aromatic N) is 3. The Bertz CT molecular complexity index is 1110. The lowest BCUT2D eigenvalue weighted by molar-refractivity contribution is -0.139. The normalized spacial score (nSPS) is 24.3. The van der Waals surface area contributed by atoms with Crippen molar-refractivity contribution in [2.24, 2.45) is 15.0 Å². The van der Waals surface area contributed by atoms with Gasteiger partial charge in [0.15, 0.2) is 0 Å². The Labute approximate surface area is 321 Å². The second-order valence-corrected chi connectivity index (χ2v) is 16.0. The van der Waals surface area contributed by atoms with Crippen LogP contribution in [0.2, 0.25) is 0 Å². The van der Waals surface area contributed by atoms with Gasteiger partial charge in [0.2, 0.25) is 0 Å². The molecular formula is C25H35N7O12S7. The zero-order valence-electron chi connectivity index (χ0n) is 26.4. The number of hydrogen-bond donors (Lipinski definition) is 8. The molecule has 0 saturated carbocycles. The molecule has 0 aromatic rings. The van der Waals surface area contributed by atoms with Crippen molar-refractivity contribution in [1.29, 1.82) is 0 Å². The molecule has 7 aliphatic heterocycles. The van der Waals surface area contributed by atoms with E-state index in [1.54, 1.807) is 35.3 Å². The first-order valence-electron chi connectivity index (χ1n) is 14.2. The number of hydrogen-bond acceptors (Lipinski definition) is 18. The highest BCUT2D eigenvalue weighted by atomic mass is 32.2. The summed E-state index contributed by atoms with van der Waals surface area (Å²) in [5, 5.41) is 41.3. The first-order chi connectivity index (χ1) is 24.3. The molecule has 284 valence electrons. The minimum absolute atomic E-state index is 0.248. The number of nitrogens with one attached hydrogen (secondary N) is 4. The van der Waals surface area contributed by atoms with Crippen LogP contribution in [-0.4, -0.2) is 166 Å². The Morgan fingerprint density at radius 1 is 0.471 bits per heavy atom. The highest BCUT2D eigenvalue weighted by molar-refractivity contribution is 8.15. The Balaban J connectivity index is 0.000000302. The number of rotatable bonds is 4. The average Bonchev–Trinajstić information content (AvgIpc) is 3.95. The molecule has 26 heteroatoms. The summed E-state index contributed by atoms with van der Waals surface area (Å²) in [6.45, 7) is 3.10. The summed E-state index contributed by atoms with van der Waals surface area (Å²) >= 11 is 9.36. The fourth-order valence-electron chi connectivity index (χ4n) is 2.86. The van der Waals surface area contributed by atoms with E-state index in [0.29, 0.717) is 23.0 Å². The smallest absolute Gasteiger partial charge is 0.327 e. The highest BCUT2D eigenvalue weighted by Crippen LogP contribution is 2.14. The minimum atomic E-state index is -0.964. The molecule has 4 saturated heterocycles. The molecule has 7 rings (SSSR count). The number of carbonyl (C=O) groups is 8. The van der Waals surface area contributed by atoms with Gasteiger partial charge >= 0.3 is 23.9 Å². The summed E-state index contributed by atoms with van der Waals surface area (Å²) in [6, 6.07) is -2.71. The zero-order chi connectivity index (χ0) is 38.0. The van der Waals surface area contributed by atoms with E-state index in [2.05, 4.69) is 36.2 Å². The SMILES string of the molecule is C1=NCCS1.C1=NCCS1.C1=NCCS1.O=C1NC(C(=O)O)CS1.O=C1NC(C(=O)O)CS1.O=C1NC(C(=O)O)CS1.O=C1NC(C(=O)O)CS1. The van der Waals surface area contributed by atoms with Gasteiger partial charge in [-0.2, -0.15) is 0 Å². The largest absolute Gasteiger partial charge is 0.480 e. The van der Waals surface area contributed by atoms with E-state index in [9.17, 15) is 38.4 Å². The van der Waals surface area contributed by atoms with Crippen molar-refractivity contribution in [3.63, 3.8) is 0 Å². The molecule has 8 N–H and O–H groups in total. The van der Waals surface area contributed by atoms with Crippen molar-refractivity contribution in [2.45, 2.75) is 24.2 Å². The highest BCUT2D eigenvalue weighted by Gasteiger charge is 2.29. The topological polar surface area (TPSA) is 303 Å². The number of carboxylic acids is 4. The van der Waals surface area contributed by atoms with Crippen LogP contribution in [0, 0.1) is 0 Å². The van der Waals surface area contributed by atoms with Crippen LogP contribution in [0.15, 0.2) is 15.0 Å². The maximum Gasteiger partial charge on any atom is 0.327 e. The summed E-state index contributed by atoms with van der Waals surface area (Å²) in [6.07, 6.45) is 0. The van der Waals surface area contributed by atoms with Crippen LogP contribution in [0.25, 0.3) is 0 Å². The van der Waals surface area contributed by atoms with Gasteiger partial charge in [-0.15, -0.1) is 35.3 Å². The van der Waals surface area contributed by atoms with Gasteiger partial charge in [-0.1, -0.05) is 47.0 Å². The second-order valence-electron chi connectivity index (χ2n) is 9.18. The fourth-order valence-corrected chi connectivity index (χ4v) is 7.52. The van der Waals surface area contributed by atoms with Crippen molar-refractivity contribution in [2.75, 3.05) is 59.9 Å². The Hall–Kier alpha value is -2.78. The number of aliphatic imine (C=N–C) groups is 3. The Kier molecular flexibility index (Phi) is 25.2. The summed E-state index contributed by atoms with van der Waals surface area (Å²) in [4.78, 5) is 93.6. The fraction of sp³-hybridized carbons (Fsp3) is 0.560. The maximum absolute atomic E-state index is 10.3. The summed E-state index contributed by atoms with van der Waals surface area (Å²) in [5.74, 6) is 1.09. The van der Waals surface area contributed by atoms with Crippen LogP contribution in [0.1, 0.15) is 0 Å². The van der Waals surface area contributed by atoms with Crippen LogP contribution in [0.5, 0.6) is 0 Å². The molecule has 4 fully saturated rings. The van der Waals surface area contributed by atoms with Gasteiger partial charge in [0.05, 0.1) is 16.6 Å². The molecular weight excluding hydrogens is 815 g/mol. The molecule has 7 heterocycles. The van der Waals surface area contributed by atoms with Crippen molar-refractivity contribution in [3.8, 4) is 0 Å². The molecule has 0 bridgehead atoms. The Morgan fingerprint density at radius 3 is 0.745 bits per heavy atom. The number of carbonyl (C=O) groups excluding carboxylic acids is 4. The van der Waals surface area contributed by atoms with Crippen LogP contribution in [0.4, 0.5) is 19.2 Å². The molecule has 0 aromatic heterocycles. The predicted octanol–water partition coefficient (Wildman–Crippen LogP) is 1.87. The summed E-state index contributed by atoms with van der Waals surface area (Å²) < 4.78 is 0. The van der Waals surface area contributed by atoms with Gasteiger partial charge in [0.1, 0.15) is 24.2 Å². The van der Waals surface area contributed by atoms with Crippen molar-refractivity contribution >= 4 is 144 Å². The van der Waals surface area contributed by atoms with Crippen LogP contribution in [-0.2, 0) is 19.2 Å². The van der Waals surface area contributed by atoms with Gasteiger partial charge in [-0.3, -0.25) is 34.2 Å². The molecule has 51 heavy (non-hydrogen) atoms. The maximum atomic E-state index is 10.3. The first kappa shape index (κ1) is 46.2. The third-order valence-electron chi connectivity index (χ3n) is 5.35. The van der Waals surface area contributed by atoms with E-state index in [0.717, 1.165) is 66.7 Å². The molecule has 0 spiro atoms. The number of thioether (sulfide) groups is 7. The molecule has 4 amide bonds. The molecule has 0 aliphatic carbocycles. The number of amides is 4. The molecule has 0 radical (unpaired) electrons. The van der Waals surface area contributed by atoms with E-state index in [4.69, 9.17) is 20.4 Å². The standard InChI is InChI=1S/4C4H5NO3S.3C3H5NS/c4*6-3(7)2-1-9-4(8)5-2;3*1-2-5-3-4-1/h4*2H,1H2,(H,5,8)(H,6,7);3*3H,1-2H2. The van der Waals surface area contributed by atoms with E-state index in [1.165, 1.54) is 17.3 Å². The van der Waals surface area contributed by atoms with Gasteiger partial charge in [-0.25, -0.2) is 19.2 Å². The van der Waals surface area contributed by atoms with Crippen LogP contribution >= 0.6 is 82.3 Å². The lowest BCUT2D eigenvalue weighted by Crippen LogP contribution is -2.33. The zero-order valence-corrected chi connectivity index (χ0v) is 32.1. The third kappa shape index (κ3) is 23.4. The van der Waals surface area contributed by atoms with Gasteiger partial charge in [0, 0.05) is 59.9 Å². The van der Waals surface area contributed by atoms with Gasteiger partial charge < -0.3 is 41.7 Å². The van der Waals surface area contributed by atoms with E-state index in [1.807, 2.05) is 16.6 Å². The van der Waals surface area contributed by atoms with Gasteiger partial charge in [-0.05, 0) is 0 Å². The number of carboxylic acid groups (broad SMARTS) is 4. The van der Waals surface area contributed by atoms with Crippen LogP contribution in [0.3, 0.4) is 0 Å². The molecule has 7 aliphatic rings. The Morgan fingerprint density at radius 2 is 0.686 bits per heavy atom. The van der Waals surface area contributed by atoms with E-state index in [-0.39, 0.29) is 21.0 Å². The third-order valence-corrected chi connectivity index (χ3v) is 11.0. The van der Waals surface area contributed by atoms with E-state index >= 15 is 0 Å². The molecule has 4 unspecified atom stereocenters. The monoisotopic (exact) mass is 849 g/mol. The van der Waals surface area contributed by atoms with Crippen molar-refractivity contribution in [1.82, 2.24) is 21.3 Å². The predicted molar refractivity (Wildman–Crippen MR) is 207 cm³/mol. The van der Waals surface area contributed by atoms with Gasteiger partial charge in [0.25, 0.3) is 21.0 Å².